The van der Waals surface area contributed by atoms with E-state index in [-0.39, 0.29) is 18.1 Å². The van der Waals surface area contributed by atoms with Crippen LogP contribution in [0.3, 0.4) is 0 Å². The van der Waals surface area contributed by atoms with Crippen molar-refractivity contribution in [2.45, 2.75) is 46.1 Å². The molecule has 0 saturated carbocycles. The van der Waals surface area contributed by atoms with Gasteiger partial charge in [-0.15, -0.1) is 0 Å². The minimum atomic E-state index is -0.383. The molecular weight excluding hydrogens is 264 g/mol. The highest BCUT2D eigenvalue weighted by molar-refractivity contribution is 6.01. The molecule has 3 N–H and O–H groups in total. The van der Waals surface area contributed by atoms with Crippen LogP contribution in [0.15, 0.2) is 18.2 Å². The summed E-state index contributed by atoms with van der Waals surface area (Å²) in [7, 11) is 0. The van der Waals surface area contributed by atoms with Crippen LogP contribution >= 0.6 is 0 Å². The van der Waals surface area contributed by atoms with Crippen molar-refractivity contribution >= 4 is 16.8 Å². The van der Waals surface area contributed by atoms with E-state index in [2.05, 4.69) is 16.4 Å². The summed E-state index contributed by atoms with van der Waals surface area (Å²) in [6, 6.07) is 6.12. The summed E-state index contributed by atoms with van der Waals surface area (Å²) in [6.45, 7) is 8.04. The average molecular weight is 288 g/mol. The normalized spacial score (nSPS) is 14.1. The number of nitrogens with one attached hydrogen (secondary N) is 2. The van der Waals surface area contributed by atoms with E-state index in [1.54, 1.807) is 0 Å². The number of fused-ring (bicyclic) bond motifs is 1. The molecule has 0 saturated heterocycles. The van der Waals surface area contributed by atoms with Gasteiger partial charge in [-0.25, -0.2) is 0 Å². The third kappa shape index (κ3) is 3.10. The van der Waals surface area contributed by atoms with E-state index >= 15 is 0 Å². The van der Waals surface area contributed by atoms with Crippen LogP contribution in [-0.2, 0) is 0 Å². The smallest absolute Gasteiger partial charge is 0.268 e. The van der Waals surface area contributed by atoms with Crippen LogP contribution in [0.25, 0.3) is 10.9 Å². The number of hydrogen-bond donors (Lipinski definition) is 3. The number of amides is 1. The Morgan fingerprint density at radius 3 is 2.71 bits per heavy atom. The topological polar surface area (TPSA) is 65.1 Å². The molecule has 2 rings (SSSR count). The van der Waals surface area contributed by atoms with Gasteiger partial charge in [0.05, 0.1) is 0 Å². The SMILES string of the molecule is CCC(C)(CCO)NC(=O)c1[nH]c2ccc(C)cc2c1C. The lowest BCUT2D eigenvalue weighted by molar-refractivity contribution is 0.0881. The zero-order chi connectivity index (χ0) is 15.6. The van der Waals surface area contributed by atoms with Crippen molar-refractivity contribution in [3.05, 3.63) is 35.0 Å². The maximum atomic E-state index is 12.5. The van der Waals surface area contributed by atoms with Crippen molar-refractivity contribution in [1.29, 1.82) is 0 Å². The number of benzene rings is 1. The average Bonchev–Trinajstić information content (AvgIpc) is 2.76. The lowest BCUT2D eigenvalue weighted by Gasteiger charge is -2.28. The van der Waals surface area contributed by atoms with Gasteiger partial charge >= 0.3 is 0 Å². The molecule has 0 bridgehead atoms. The highest BCUT2D eigenvalue weighted by Crippen LogP contribution is 2.24. The molecule has 1 amide bonds. The molecule has 1 heterocycles. The van der Waals surface area contributed by atoms with Gasteiger partial charge < -0.3 is 15.4 Å². The molecule has 4 heteroatoms. The summed E-state index contributed by atoms with van der Waals surface area (Å²) in [5.41, 5.74) is 3.34. The zero-order valence-corrected chi connectivity index (χ0v) is 13.2. The van der Waals surface area contributed by atoms with Gasteiger partial charge in [-0.2, -0.15) is 0 Å². The van der Waals surface area contributed by atoms with E-state index in [0.29, 0.717) is 12.1 Å². The predicted octanol–water partition coefficient (Wildman–Crippen LogP) is 3.07. The second kappa shape index (κ2) is 5.90. The summed E-state index contributed by atoms with van der Waals surface area (Å²) >= 11 is 0. The van der Waals surface area contributed by atoms with Gasteiger partial charge in [-0.05, 0) is 51.3 Å². The lowest BCUT2D eigenvalue weighted by atomic mass is 9.94. The lowest BCUT2D eigenvalue weighted by Crippen LogP contribution is -2.46. The van der Waals surface area contributed by atoms with Crippen LogP contribution in [0.4, 0.5) is 0 Å². The highest BCUT2D eigenvalue weighted by atomic mass is 16.3. The second-order valence-electron chi connectivity index (χ2n) is 6.02. The number of aryl methyl sites for hydroxylation is 2. The Labute approximate surface area is 125 Å². The largest absolute Gasteiger partial charge is 0.396 e. The van der Waals surface area contributed by atoms with Crippen molar-refractivity contribution in [3.63, 3.8) is 0 Å². The Kier molecular flexibility index (Phi) is 4.37. The van der Waals surface area contributed by atoms with Crippen LogP contribution in [0.5, 0.6) is 0 Å². The number of rotatable bonds is 5. The summed E-state index contributed by atoms with van der Waals surface area (Å²) in [6.07, 6.45) is 1.32. The Morgan fingerprint density at radius 2 is 2.10 bits per heavy atom. The molecule has 0 aliphatic heterocycles. The molecule has 1 aromatic heterocycles. The number of carbonyl (C=O) groups is 1. The van der Waals surface area contributed by atoms with Gasteiger partial charge in [0.2, 0.25) is 0 Å². The fourth-order valence-electron chi connectivity index (χ4n) is 2.58. The zero-order valence-electron chi connectivity index (χ0n) is 13.2. The maximum Gasteiger partial charge on any atom is 0.268 e. The molecule has 1 unspecified atom stereocenters. The first-order chi connectivity index (χ1) is 9.90. The molecule has 2 aromatic rings. The van der Waals surface area contributed by atoms with Gasteiger partial charge in [0.1, 0.15) is 5.69 Å². The predicted molar refractivity (Wildman–Crippen MR) is 85.6 cm³/mol. The number of aliphatic hydroxyl groups excluding tert-OH is 1. The monoisotopic (exact) mass is 288 g/mol. The summed E-state index contributed by atoms with van der Waals surface area (Å²) < 4.78 is 0. The Hall–Kier alpha value is -1.81. The van der Waals surface area contributed by atoms with Gasteiger partial charge in [0.25, 0.3) is 5.91 Å². The van der Waals surface area contributed by atoms with E-state index in [4.69, 9.17) is 5.11 Å². The number of carbonyl (C=O) groups excluding carboxylic acids is 1. The molecule has 1 atom stereocenters. The summed E-state index contributed by atoms with van der Waals surface area (Å²) in [5.74, 6) is -0.112. The van der Waals surface area contributed by atoms with E-state index in [1.807, 2.05) is 39.8 Å². The fraction of sp³-hybridized carbons (Fsp3) is 0.471. The molecule has 114 valence electrons. The minimum Gasteiger partial charge on any atom is -0.396 e. The number of H-pyrrole nitrogens is 1. The standard InChI is InChI=1S/C17H24N2O2/c1-5-17(4,8-9-20)19-16(21)15-12(3)13-10-11(2)6-7-14(13)18-15/h6-7,10,18,20H,5,8-9H2,1-4H3,(H,19,21). The first-order valence-electron chi connectivity index (χ1n) is 7.42. The van der Waals surface area contributed by atoms with Gasteiger partial charge in [0.15, 0.2) is 0 Å². The number of hydrogen-bond acceptors (Lipinski definition) is 2. The van der Waals surface area contributed by atoms with Gasteiger partial charge in [-0.3, -0.25) is 4.79 Å². The van der Waals surface area contributed by atoms with Crippen molar-refractivity contribution < 1.29 is 9.90 Å². The fourth-order valence-corrected chi connectivity index (χ4v) is 2.58. The molecule has 1 aromatic carbocycles. The molecular formula is C17H24N2O2. The first kappa shape index (κ1) is 15.6. The van der Waals surface area contributed by atoms with E-state index < -0.39 is 0 Å². The van der Waals surface area contributed by atoms with Crippen LogP contribution in [0, 0.1) is 13.8 Å². The van der Waals surface area contributed by atoms with Crippen LogP contribution < -0.4 is 5.32 Å². The summed E-state index contributed by atoms with van der Waals surface area (Å²) in [5, 5.41) is 13.3. The quantitative estimate of drug-likeness (QED) is 0.791. The molecule has 0 radical (unpaired) electrons. The van der Waals surface area contributed by atoms with E-state index in [0.717, 1.165) is 22.9 Å². The van der Waals surface area contributed by atoms with Crippen molar-refractivity contribution in [1.82, 2.24) is 10.3 Å². The third-order valence-corrected chi connectivity index (χ3v) is 4.30. The number of aliphatic hydroxyl groups is 1. The minimum absolute atomic E-state index is 0.0650. The molecule has 0 spiro atoms. The third-order valence-electron chi connectivity index (χ3n) is 4.30. The second-order valence-corrected chi connectivity index (χ2v) is 6.02. The molecule has 0 aliphatic carbocycles. The van der Waals surface area contributed by atoms with Crippen molar-refractivity contribution in [3.8, 4) is 0 Å². The van der Waals surface area contributed by atoms with E-state index in [9.17, 15) is 4.79 Å². The Bertz CT molecular complexity index is 660. The Morgan fingerprint density at radius 1 is 1.38 bits per heavy atom. The van der Waals surface area contributed by atoms with Gasteiger partial charge in [0, 0.05) is 23.0 Å². The highest BCUT2D eigenvalue weighted by Gasteiger charge is 2.26. The van der Waals surface area contributed by atoms with E-state index in [1.165, 1.54) is 5.56 Å². The molecule has 4 nitrogen and oxygen atoms in total. The molecule has 0 fully saturated rings. The number of aromatic nitrogens is 1. The first-order valence-corrected chi connectivity index (χ1v) is 7.42. The number of aromatic amines is 1. The van der Waals surface area contributed by atoms with Crippen LogP contribution in [0.1, 0.15) is 48.3 Å². The van der Waals surface area contributed by atoms with Crippen LogP contribution in [-0.4, -0.2) is 28.1 Å². The maximum absolute atomic E-state index is 12.5. The Balaban J connectivity index is 2.33. The van der Waals surface area contributed by atoms with Crippen molar-refractivity contribution in [2.75, 3.05) is 6.61 Å². The molecule has 0 aliphatic rings. The van der Waals surface area contributed by atoms with Crippen LogP contribution in [0.2, 0.25) is 0 Å². The summed E-state index contributed by atoms with van der Waals surface area (Å²) in [4.78, 5) is 15.8. The molecule has 21 heavy (non-hydrogen) atoms. The van der Waals surface area contributed by atoms with Crippen molar-refractivity contribution in [2.24, 2.45) is 0 Å². The van der Waals surface area contributed by atoms with Gasteiger partial charge in [-0.1, -0.05) is 18.6 Å².